The molecule has 4 rings (SSSR count). The van der Waals surface area contributed by atoms with Crippen LogP contribution >= 0.6 is 11.3 Å². The summed E-state index contributed by atoms with van der Waals surface area (Å²) in [6, 6.07) is 12.4. The van der Waals surface area contributed by atoms with Crippen molar-refractivity contribution < 1.29 is 14.3 Å². The molecule has 0 fully saturated rings. The van der Waals surface area contributed by atoms with Crippen molar-refractivity contribution >= 4 is 28.2 Å². The van der Waals surface area contributed by atoms with Crippen LogP contribution in [-0.4, -0.2) is 39.9 Å². The second kappa shape index (κ2) is 9.47. The van der Waals surface area contributed by atoms with Crippen molar-refractivity contribution in [1.82, 2.24) is 14.9 Å². The number of hydrogen-bond acceptors (Lipinski definition) is 8. The number of amides is 1. The lowest BCUT2D eigenvalue weighted by molar-refractivity contribution is -0.119. The van der Waals surface area contributed by atoms with E-state index in [9.17, 15) is 14.9 Å². The van der Waals surface area contributed by atoms with Crippen LogP contribution in [0.5, 0.6) is 0 Å². The minimum atomic E-state index is -0.731. The molecule has 0 bridgehead atoms. The normalized spacial score (nSPS) is 13.1. The molecular formula is C22H19N5O3S. The number of fused-ring (bicyclic) bond motifs is 1. The van der Waals surface area contributed by atoms with E-state index < -0.39 is 18.5 Å². The molecule has 0 radical (unpaired) electrons. The zero-order valence-corrected chi connectivity index (χ0v) is 17.4. The smallest absolute Gasteiger partial charge is 0.359 e. The predicted octanol–water partition coefficient (Wildman–Crippen LogP) is 2.76. The lowest BCUT2D eigenvalue weighted by atomic mass is 10.0. The summed E-state index contributed by atoms with van der Waals surface area (Å²) in [6.07, 6.45) is 4.82. The Morgan fingerprint density at radius 1 is 1.26 bits per heavy atom. The largest absolute Gasteiger partial charge is 0.451 e. The number of carbonyl (C=O) groups is 2. The number of hydrogen-bond donors (Lipinski definition) is 1. The van der Waals surface area contributed by atoms with Crippen LogP contribution in [0.15, 0.2) is 48.9 Å². The molecule has 31 heavy (non-hydrogen) atoms. The lowest BCUT2D eigenvalue weighted by Crippen LogP contribution is -2.29. The van der Waals surface area contributed by atoms with Gasteiger partial charge in [-0.05, 0) is 17.5 Å². The molecule has 1 N–H and O–H groups in total. The maximum absolute atomic E-state index is 12.3. The summed E-state index contributed by atoms with van der Waals surface area (Å²) in [5, 5.41) is 12.8. The van der Waals surface area contributed by atoms with Crippen molar-refractivity contribution in [3.05, 3.63) is 76.2 Å². The van der Waals surface area contributed by atoms with Crippen molar-refractivity contribution in [1.29, 1.82) is 5.26 Å². The summed E-state index contributed by atoms with van der Waals surface area (Å²) in [6.45, 7) is 1.93. The summed E-state index contributed by atoms with van der Waals surface area (Å²) in [5.41, 5.74) is 2.75. The van der Waals surface area contributed by atoms with Crippen LogP contribution in [0.4, 0.5) is 5.00 Å². The minimum Gasteiger partial charge on any atom is -0.451 e. The van der Waals surface area contributed by atoms with E-state index >= 15 is 0 Å². The number of esters is 1. The van der Waals surface area contributed by atoms with Gasteiger partial charge >= 0.3 is 5.97 Å². The Balaban J connectivity index is 1.39. The average Bonchev–Trinajstić information content (AvgIpc) is 3.14. The Labute approximate surface area is 183 Å². The highest BCUT2D eigenvalue weighted by Gasteiger charge is 2.25. The molecular weight excluding hydrogens is 414 g/mol. The van der Waals surface area contributed by atoms with Gasteiger partial charge in [0.25, 0.3) is 5.91 Å². The number of nitriles is 1. The molecule has 0 unspecified atom stereocenters. The van der Waals surface area contributed by atoms with Gasteiger partial charge in [-0.3, -0.25) is 14.7 Å². The number of ether oxygens (including phenoxy) is 1. The number of thiophene rings is 1. The highest BCUT2D eigenvalue weighted by atomic mass is 32.1. The third kappa shape index (κ3) is 4.94. The molecule has 0 atom stereocenters. The van der Waals surface area contributed by atoms with Crippen molar-refractivity contribution in [2.45, 2.75) is 19.5 Å². The van der Waals surface area contributed by atoms with Gasteiger partial charge in [0.1, 0.15) is 11.1 Å². The van der Waals surface area contributed by atoms with Crippen molar-refractivity contribution in [2.24, 2.45) is 0 Å². The number of rotatable bonds is 6. The minimum absolute atomic E-state index is 0.0260. The fourth-order valence-corrected chi connectivity index (χ4v) is 4.67. The van der Waals surface area contributed by atoms with E-state index in [0.717, 1.165) is 36.5 Å². The Hall–Kier alpha value is -3.61. The quantitative estimate of drug-likeness (QED) is 0.596. The van der Waals surface area contributed by atoms with Gasteiger partial charge in [-0.1, -0.05) is 30.3 Å². The fraction of sp³-hybridized carbons (Fsp3) is 0.227. The molecule has 0 saturated heterocycles. The molecule has 9 heteroatoms. The molecule has 0 spiro atoms. The van der Waals surface area contributed by atoms with Crippen LogP contribution in [0.2, 0.25) is 0 Å². The SMILES string of the molecule is N#Cc1c(NC(=O)COC(=O)c2cnccn2)sc2c1CCN(Cc1ccccc1)C2. The summed E-state index contributed by atoms with van der Waals surface area (Å²) in [5.74, 6) is -1.24. The van der Waals surface area contributed by atoms with Gasteiger partial charge in [-0.2, -0.15) is 5.26 Å². The highest BCUT2D eigenvalue weighted by molar-refractivity contribution is 7.16. The third-order valence-electron chi connectivity index (χ3n) is 4.86. The average molecular weight is 433 g/mol. The molecule has 8 nitrogen and oxygen atoms in total. The first-order chi connectivity index (χ1) is 15.1. The molecule has 1 amide bonds. The fourth-order valence-electron chi connectivity index (χ4n) is 3.41. The Kier molecular flexibility index (Phi) is 6.31. The molecule has 1 aromatic carbocycles. The molecule has 3 aromatic rings. The molecule has 1 aliphatic rings. The maximum atomic E-state index is 12.3. The van der Waals surface area contributed by atoms with Gasteiger partial charge < -0.3 is 10.1 Å². The Morgan fingerprint density at radius 2 is 2.10 bits per heavy atom. The topological polar surface area (TPSA) is 108 Å². The number of carbonyl (C=O) groups excluding carboxylic acids is 2. The van der Waals surface area contributed by atoms with Gasteiger partial charge in [-0.15, -0.1) is 11.3 Å². The number of nitrogens with one attached hydrogen (secondary N) is 1. The van der Waals surface area contributed by atoms with E-state index in [0.29, 0.717) is 10.6 Å². The van der Waals surface area contributed by atoms with Crippen molar-refractivity contribution in [2.75, 3.05) is 18.5 Å². The second-order valence-electron chi connectivity index (χ2n) is 6.98. The van der Waals surface area contributed by atoms with Crippen LogP contribution < -0.4 is 5.32 Å². The maximum Gasteiger partial charge on any atom is 0.359 e. The molecule has 2 aromatic heterocycles. The van der Waals surface area contributed by atoms with Gasteiger partial charge in [0, 0.05) is 36.9 Å². The van der Waals surface area contributed by atoms with E-state index in [1.807, 2.05) is 18.2 Å². The first-order valence-electron chi connectivity index (χ1n) is 9.68. The first-order valence-corrected chi connectivity index (χ1v) is 10.5. The van der Waals surface area contributed by atoms with E-state index in [2.05, 4.69) is 38.4 Å². The zero-order chi connectivity index (χ0) is 21.6. The monoisotopic (exact) mass is 433 g/mol. The van der Waals surface area contributed by atoms with Crippen LogP contribution in [0.1, 0.15) is 32.1 Å². The summed E-state index contributed by atoms with van der Waals surface area (Å²) in [4.78, 5) is 35.2. The van der Waals surface area contributed by atoms with E-state index in [-0.39, 0.29) is 5.69 Å². The third-order valence-corrected chi connectivity index (χ3v) is 5.99. The Morgan fingerprint density at radius 3 is 2.84 bits per heavy atom. The standard InChI is InChI=1S/C22H19N5O3S/c23-10-17-16-6-9-27(12-15-4-2-1-3-5-15)13-19(16)31-21(17)26-20(28)14-30-22(29)18-11-24-7-8-25-18/h1-5,7-8,11H,6,9,12-14H2,(H,26,28). The van der Waals surface area contributed by atoms with E-state index in [1.165, 1.54) is 35.5 Å². The Bertz CT molecular complexity index is 1130. The van der Waals surface area contributed by atoms with E-state index in [1.54, 1.807) is 0 Å². The van der Waals surface area contributed by atoms with E-state index in [4.69, 9.17) is 4.74 Å². The van der Waals surface area contributed by atoms with Gasteiger partial charge in [0.2, 0.25) is 0 Å². The molecule has 156 valence electrons. The van der Waals surface area contributed by atoms with Gasteiger partial charge in [-0.25, -0.2) is 9.78 Å². The van der Waals surface area contributed by atoms with Crippen molar-refractivity contribution in [3.63, 3.8) is 0 Å². The number of anilines is 1. The predicted molar refractivity (Wildman–Crippen MR) is 114 cm³/mol. The summed E-state index contributed by atoms with van der Waals surface area (Å²) >= 11 is 1.40. The van der Waals surface area contributed by atoms with Crippen LogP contribution in [0, 0.1) is 11.3 Å². The zero-order valence-electron chi connectivity index (χ0n) is 16.6. The molecule has 3 heterocycles. The van der Waals surface area contributed by atoms with Gasteiger partial charge in [0.15, 0.2) is 12.3 Å². The molecule has 1 aliphatic heterocycles. The van der Waals surface area contributed by atoms with Crippen LogP contribution in [-0.2, 0) is 29.0 Å². The molecule has 0 saturated carbocycles. The summed E-state index contributed by atoms with van der Waals surface area (Å²) < 4.78 is 4.98. The van der Waals surface area contributed by atoms with Gasteiger partial charge in [0.05, 0.1) is 11.8 Å². The number of aromatic nitrogens is 2. The summed E-state index contributed by atoms with van der Waals surface area (Å²) in [7, 11) is 0. The molecule has 0 aliphatic carbocycles. The number of nitrogens with zero attached hydrogens (tertiary/aromatic N) is 4. The van der Waals surface area contributed by atoms with Crippen LogP contribution in [0.3, 0.4) is 0 Å². The lowest BCUT2D eigenvalue weighted by Gasteiger charge is -2.26. The highest BCUT2D eigenvalue weighted by Crippen LogP contribution is 2.37. The second-order valence-corrected chi connectivity index (χ2v) is 8.09. The van der Waals surface area contributed by atoms with Crippen molar-refractivity contribution in [3.8, 4) is 6.07 Å². The van der Waals surface area contributed by atoms with Crippen LogP contribution in [0.25, 0.3) is 0 Å². The first kappa shape index (κ1) is 20.7. The number of benzene rings is 1.